The van der Waals surface area contributed by atoms with E-state index in [0.29, 0.717) is 10.7 Å². The van der Waals surface area contributed by atoms with Gasteiger partial charge in [0.25, 0.3) is 5.91 Å². The highest BCUT2D eigenvalue weighted by atomic mass is 35.5. The first-order valence-corrected chi connectivity index (χ1v) is 8.00. The van der Waals surface area contributed by atoms with Gasteiger partial charge in [-0.2, -0.15) is 5.10 Å². The lowest BCUT2D eigenvalue weighted by Gasteiger charge is -2.10. The van der Waals surface area contributed by atoms with Crippen LogP contribution in [0, 0.1) is 6.92 Å². The van der Waals surface area contributed by atoms with Crippen molar-refractivity contribution in [3.8, 4) is 16.9 Å². The Morgan fingerprint density at radius 1 is 1.24 bits per heavy atom. The van der Waals surface area contributed by atoms with Gasteiger partial charge in [-0.3, -0.25) is 4.79 Å². The van der Waals surface area contributed by atoms with Crippen molar-refractivity contribution in [2.45, 2.75) is 6.92 Å². The molecule has 0 saturated carbocycles. The van der Waals surface area contributed by atoms with E-state index in [-0.39, 0.29) is 0 Å². The molecule has 124 valence electrons. The molecule has 0 aliphatic heterocycles. The number of carbonyl (C=O) groups is 1. The highest BCUT2D eigenvalue weighted by Gasteiger charge is 2.17. The van der Waals surface area contributed by atoms with Crippen LogP contribution >= 0.6 is 11.6 Å². The third-order valence-corrected chi connectivity index (χ3v) is 4.35. The Morgan fingerprint density at radius 2 is 2.08 bits per heavy atom. The number of nitrogens with zero attached hydrogens (tertiary/aromatic N) is 4. The maximum Gasteiger partial charge on any atom is 0.265 e. The van der Waals surface area contributed by atoms with Crippen molar-refractivity contribution in [3.63, 3.8) is 0 Å². The van der Waals surface area contributed by atoms with Gasteiger partial charge in [0.1, 0.15) is 12.0 Å². The first-order valence-electron chi connectivity index (χ1n) is 7.62. The minimum atomic E-state index is -0.522. The van der Waals surface area contributed by atoms with Crippen LogP contribution in [0.5, 0.6) is 0 Å². The fourth-order valence-electron chi connectivity index (χ4n) is 2.91. The summed E-state index contributed by atoms with van der Waals surface area (Å²) < 4.78 is 3.48. The lowest BCUT2D eigenvalue weighted by atomic mass is 10.2. The molecule has 0 saturated heterocycles. The standard InChI is InChI=1S/C18H14ClN5O/c1-11-4-5-13(19)8-15(11)23-9-12(7-16(23)18(20)25)17-14-3-2-6-24(14)22-10-21-17/h2-10H,1H3,(H2,20,25). The minimum Gasteiger partial charge on any atom is -0.364 e. The van der Waals surface area contributed by atoms with E-state index in [4.69, 9.17) is 17.3 Å². The molecule has 3 aromatic heterocycles. The molecule has 6 nitrogen and oxygen atoms in total. The molecule has 0 bridgehead atoms. The molecule has 25 heavy (non-hydrogen) atoms. The number of rotatable bonds is 3. The zero-order valence-corrected chi connectivity index (χ0v) is 14.1. The summed E-state index contributed by atoms with van der Waals surface area (Å²) >= 11 is 6.13. The molecule has 1 aromatic carbocycles. The smallest absolute Gasteiger partial charge is 0.265 e. The second-order valence-corrected chi connectivity index (χ2v) is 6.16. The predicted octanol–water partition coefficient (Wildman–Crippen LogP) is 3.25. The third kappa shape index (κ3) is 2.56. The Kier molecular flexibility index (Phi) is 3.54. The lowest BCUT2D eigenvalue weighted by Crippen LogP contribution is -2.16. The van der Waals surface area contributed by atoms with Gasteiger partial charge in [0.2, 0.25) is 0 Å². The maximum absolute atomic E-state index is 12.0. The average Bonchev–Trinajstić information content (AvgIpc) is 3.23. The van der Waals surface area contributed by atoms with Crippen LogP contribution in [0.3, 0.4) is 0 Å². The summed E-state index contributed by atoms with van der Waals surface area (Å²) in [5.74, 6) is -0.522. The van der Waals surface area contributed by atoms with Crippen LogP contribution in [-0.4, -0.2) is 25.1 Å². The van der Waals surface area contributed by atoms with Gasteiger partial charge in [-0.05, 0) is 42.8 Å². The highest BCUT2D eigenvalue weighted by Crippen LogP contribution is 2.28. The lowest BCUT2D eigenvalue weighted by molar-refractivity contribution is 0.0994. The van der Waals surface area contributed by atoms with Crippen LogP contribution in [-0.2, 0) is 0 Å². The monoisotopic (exact) mass is 351 g/mol. The first-order chi connectivity index (χ1) is 12.0. The molecule has 0 spiro atoms. The van der Waals surface area contributed by atoms with Crippen LogP contribution in [0.25, 0.3) is 22.5 Å². The number of carbonyl (C=O) groups excluding carboxylic acids is 1. The number of aromatic nitrogens is 4. The highest BCUT2D eigenvalue weighted by molar-refractivity contribution is 6.30. The molecule has 4 aromatic rings. The van der Waals surface area contributed by atoms with Crippen molar-refractivity contribution in [2.75, 3.05) is 0 Å². The molecule has 7 heteroatoms. The molecule has 1 amide bonds. The van der Waals surface area contributed by atoms with E-state index in [1.165, 1.54) is 6.33 Å². The minimum absolute atomic E-state index is 0.365. The van der Waals surface area contributed by atoms with Crippen molar-refractivity contribution in [1.29, 1.82) is 0 Å². The van der Waals surface area contributed by atoms with Crippen molar-refractivity contribution in [3.05, 3.63) is 71.4 Å². The molecule has 3 heterocycles. The summed E-state index contributed by atoms with van der Waals surface area (Å²) in [6.45, 7) is 1.95. The SMILES string of the molecule is Cc1ccc(Cl)cc1-n1cc(-c2ncnn3cccc23)cc1C(N)=O. The second-order valence-electron chi connectivity index (χ2n) is 5.73. The molecular weight excluding hydrogens is 338 g/mol. The summed E-state index contributed by atoms with van der Waals surface area (Å²) in [4.78, 5) is 16.4. The number of aryl methyl sites for hydroxylation is 1. The van der Waals surface area contributed by atoms with Gasteiger partial charge in [-0.15, -0.1) is 0 Å². The van der Waals surface area contributed by atoms with Gasteiger partial charge < -0.3 is 10.3 Å². The zero-order valence-electron chi connectivity index (χ0n) is 13.3. The molecule has 0 radical (unpaired) electrons. The van der Waals surface area contributed by atoms with E-state index in [2.05, 4.69) is 10.1 Å². The number of halogens is 1. The van der Waals surface area contributed by atoms with Gasteiger partial charge in [0, 0.05) is 23.0 Å². The first kappa shape index (κ1) is 15.4. The number of hydrogen-bond donors (Lipinski definition) is 1. The van der Waals surface area contributed by atoms with E-state index in [9.17, 15) is 4.79 Å². The zero-order chi connectivity index (χ0) is 17.6. The van der Waals surface area contributed by atoms with E-state index in [1.807, 2.05) is 43.6 Å². The summed E-state index contributed by atoms with van der Waals surface area (Å²) in [6, 6.07) is 11.1. The van der Waals surface area contributed by atoms with Crippen molar-refractivity contribution in [2.24, 2.45) is 5.73 Å². The number of fused-ring (bicyclic) bond motifs is 1. The quantitative estimate of drug-likeness (QED) is 0.615. The second kappa shape index (κ2) is 5.75. The summed E-state index contributed by atoms with van der Waals surface area (Å²) in [5, 5.41) is 4.75. The Balaban J connectivity index is 1.97. The number of hydrogen-bond acceptors (Lipinski definition) is 3. The third-order valence-electron chi connectivity index (χ3n) is 4.11. The number of amides is 1. The molecule has 0 aliphatic rings. The van der Waals surface area contributed by atoms with Gasteiger partial charge >= 0.3 is 0 Å². The number of primary amides is 1. The number of benzene rings is 1. The van der Waals surface area contributed by atoms with Gasteiger partial charge in [-0.25, -0.2) is 9.50 Å². The fraction of sp³-hybridized carbons (Fsp3) is 0.0556. The number of nitrogens with two attached hydrogens (primary N) is 1. The predicted molar refractivity (Wildman–Crippen MR) is 96.0 cm³/mol. The maximum atomic E-state index is 12.0. The van der Waals surface area contributed by atoms with Crippen molar-refractivity contribution in [1.82, 2.24) is 19.2 Å². The Bertz CT molecular complexity index is 1110. The fourth-order valence-corrected chi connectivity index (χ4v) is 3.08. The summed E-state index contributed by atoms with van der Waals surface area (Å²) in [5.41, 5.74) is 10.1. The molecule has 2 N–H and O–H groups in total. The van der Waals surface area contributed by atoms with E-state index >= 15 is 0 Å². The van der Waals surface area contributed by atoms with Crippen LogP contribution in [0.2, 0.25) is 5.02 Å². The summed E-state index contributed by atoms with van der Waals surface area (Å²) in [7, 11) is 0. The van der Waals surface area contributed by atoms with Crippen LogP contribution < -0.4 is 5.73 Å². The van der Waals surface area contributed by atoms with Gasteiger partial charge in [0.05, 0.1) is 16.9 Å². The van der Waals surface area contributed by atoms with E-state index in [1.54, 1.807) is 21.2 Å². The molecule has 0 atom stereocenters. The Hall–Kier alpha value is -3.12. The van der Waals surface area contributed by atoms with E-state index < -0.39 is 5.91 Å². The largest absolute Gasteiger partial charge is 0.364 e. The van der Waals surface area contributed by atoms with Crippen LogP contribution in [0.1, 0.15) is 16.1 Å². The molecular formula is C18H14ClN5O. The molecule has 0 aliphatic carbocycles. The van der Waals surface area contributed by atoms with Crippen molar-refractivity contribution >= 4 is 23.0 Å². The van der Waals surface area contributed by atoms with Crippen LogP contribution in [0.15, 0.2) is 55.1 Å². The molecule has 4 rings (SSSR count). The summed E-state index contributed by atoms with van der Waals surface area (Å²) in [6.07, 6.45) is 5.16. The van der Waals surface area contributed by atoms with Crippen LogP contribution in [0.4, 0.5) is 0 Å². The molecule has 0 fully saturated rings. The van der Waals surface area contributed by atoms with Gasteiger partial charge in [0.15, 0.2) is 0 Å². The average molecular weight is 352 g/mol. The normalized spacial score (nSPS) is 11.1. The molecule has 0 unspecified atom stereocenters. The van der Waals surface area contributed by atoms with Crippen molar-refractivity contribution < 1.29 is 4.79 Å². The Morgan fingerprint density at radius 3 is 2.88 bits per heavy atom. The van der Waals surface area contributed by atoms with Gasteiger partial charge in [-0.1, -0.05) is 17.7 Å². The van der Waals surface area contributed by atoms with E-state index in [0.717, 1.165) is 28.0 Å². The Labute approximate surface area is 148 Å². The topological polar surface area (TPSA) is 78.2 Å².